The van der Waals surface area contributed by atoms with Gasteiger partial charge in [0.15, 0.2) is 0 Å². The third-order valence-electron chi connectivity index (χ3n) is 4.29. The van der Waals surface area contributed by atoms with Crippen LogP contribution in [0.4, 0.5) is 0 Å². The summed E-state index contributed by atoms with van der Waals surface area (Å²) in [6, 6.07) is 8.12. The van der Waals surface area contributed by atoms with Crippen LogP contribution in [0.15, 0.2) is 24.3 Å². The summed E-state index contributed by atoms with van der Waals surface area (Å²) in [5.74, 6) is 0.860. The van der Waals surface area contributed by atoms with E-state index in [0.29, 0.717) is 13.1 Å². The number of rotatable bonds is 3. The van der Waals surface area contributed by atoms with Crippen LogP contribution in [0.2, 0.25) is 0 Å². The summed E-state index contributed by atoms with van der Waals surface area (Å²) < 4.78 is 2.13. The lowest BCUT2D eigenvalue weighted by molar-refractivity contribution is -0.141. The average Bonchev–Trinajstić information content (AvgIpc) is 2.84. The number of aliphatic hydroxyl groups excluding tert-OH is 1. The topological polar surface area (TPSA) is 61.6 Å². The number of piperazine rings is 1. The Morgan fingerprint density at radius 1 is 1.27 bits per heavy atom. The van der Waals surface area contributed by atoms with Crippen LogP contribution in [0.5, 0.6) is 0 Å². The molecule has 2 aromatic rings. The number of hydrogen-bond donors (Lipinski definition) is 1. The lowest BCUT2D eigenvalue weighted by atomic mass is 10.2. The van der Waals surface area contributed by atoms with Crippen molar-refractivity contribution < 1.29 is 9.90 Å². The second kappa shape index (κ2) is 6.06. The van der Waals surface area contributed by atoms with Crippen LogP contribution in [0.1, 0.15) is 12.7 Å². The molecule has 6 heteroatoms. The number of imidazole rings is 1. The first-order valence-electron chi connectivity index (χ1n) is 7.66. The smallest absolute Gasteiger partial charge is 0.251 e. The third kappa shape index (κ3) is 2.84. The van der Waals surface area contributed by atoms with E-state index in [1.165, 1.54) is 6.92 Å². The molecular formula is C16H22N4O2. The SMILES string of the molecule is CC(O)C(=O)N1CCN(Cc2nc3ccccc3n2C)CC1. The summed E-state index contributed by atoms with van der Waals surface area (Å²) in [7, 11) is 2.04. The van der Waals surface area contributed by atoms with Crippen molar-refractivity contribution >= 4 is 16.9 Å². The van der Waals surface area contributed by atoms with Crippen molar-refractivity contribution in [3.05, 3.63) is 30.1 Å². The molecule has 0 saturated carbocycles. The number of aromatic nitrogens is 2. The van der Waals surface area contributed by atoms with Crippen molar-refractivity contribution in [2.75, 3.05) is 26.2 Å². The molecule has 6 nitrogen and oxygen atoms in total. The molecule has 1 fully saturated rings. The molecule has 1 aromatic carbocycles. The Balaban J connectivity index is 1.65. The number of carbonyl (C=O) groups is 1. The van der Waals surface area contributed by atoms with Crippen LogP contribution in [-0.4, -0.2) is 62.6 Å². The number of aryl methyl sites for hydroxylation is 1. The van der Waals surface area contributed by atoms with Crippen LogP contribution in [-0.2, 0) is 18.4 Å². The Bertz CT molecular complexity index is 672. The zero-order valence-corrected chi connectivity index (χ0v) is 13.1. The molecule has 1 saturated heterocycles. The minimum absolute atomic E-state index is 0.178. The van der Waals surface area contributed by atoms with Crippen molar-refractivity contribution in [3.8, 4) is 0 Å². The number of carbonyl (C=O) groups excluding carboxylic acids is 1. The molecule has 1 aromatic heterocycles. The van der Waals surface area contributed by atoms with E-state index < -0.39 is 6.10 Å². The summed E-state index contributed by atoms with van der Waals surface area (Å²) >= 11 is 0. The fraction of sp³-hybridized carbons (Fsp3) is 0.500. The highest BCUT2D eigenvalue weighted by atomic mass is 16.3. The molecule has 2 heterocycles. The molecule has 22 heavy (non-hydrogen) atoms. The van der Waals surface area contributed by atoms with Gasteiger partial charge in [0.1, 0.15) is 11.9 Å². The largest absolute Gasteiger partial charge is 0.384 e. The molecule has 0 bridgehead atoms. The van der Waals surface area contributed by atoms with E-state index in [-0.39, 0.29) is 5.91 Å². The Labute approximate surface area is 130 Å². The number of benzene rings is 1. The maximum Gasteiger partial charge on any atom is 0.251 e. The Morgan fingerprint density at radius 2 is 1.95 bits per heavy atom. The van der Waals surface area contributed by atoms with E-state index >= 15 is 0 Å². The molecule has 3 rings (SSSR count). The zero-order chi connectivity index (χ0) is 15.7. The molecule has 1 amide bonds. The Hall–Kier alpha value is -1.92. The van der Waals surface area contributed by atoms with E-state index in [4.69, 9.17) is 0 Å². The third-order valence-corrected chi connectivity index (χ3v) is 4.29. The van der Waals surface area contributed by atoms with Gasteiger partial charge in [-0.1, -0.05) is 12.1 Å². The molecule has 0 aliphatic carbocycles. The molecule has 0 spiro atoms. The normalized spacial score (nSPS) is 17.9. The van der Waals surface area contributed by atoms with Gasteiger partial charge in [-0.25, -0.2) is 4.98 Å². The fourth-order valence-electron chi connectivity index (χ4n) is 2.93. The van der Waals surface area contributed by atoms with Gasteiger partial charge in [0.25, 0.3) is 5.91 Å². The Kier molecular flexibility index (Phi) is 4.13. The molecule has 1 aliphatic rings. The van der Waals surface area contributed by atoms with Crippen molar-refractivity contribution in [3.63, 3.8) is 0 Å². The molecule has 1 aliphatic heterocycles. The van der Waals surface area contributed by atoms with Gasteiger partial charge in [-0.3, -0.25) is 9.69 Å². The number of nitrogens with zero attached hydrogens (tertiary/aromatic N) is 4. The second-order valence-electron chi connectivity index (χ2n) is 5.85. The van der Waals surface area contributed by atoms with Gasteiger partial charge in [0.2, 0.25) is 0 Å². The summed E-state index contributed by atoms with van der Waals surface area (Å²) in [5.41, 5.74) is 2.16. The van der Waals surface area contributed by atoms with Crippen molar-refractivity contribution in [1.82, 2.24) is 19.4 Å². The first-order chi connectivity index (χ1) is 10.6. The van der Waals surface area contributed by atoms with Gasteiger partial charge in [0.05, 0.1) is 17.6 Å². The molecular weight excluding hydrogens is 280 g/mol. The van der Waals surface area contributed by atoms with E-state index in [0.717, 1.165) is 36.5 Å². The average molecular weight is 302 g/mol. The zero-order valence-electron chi connectivity index (χ0n) is 13.1. The van der Waals surface area contributed by atoms with E-state index in [2.05, 4.69) is 20.5 Å². The van der Waals surface area contributed by atoms with Crippen molar-refractivity contribution in [2.24, 2.45) is 7.05 Å². The van der Waals surface area contributed by atoms with Crippen molar-refractivity contribution in [2.45, 2.75) is 19.6 Å². The number of amides is 1. The summed E-state index contributed by atoms with van der Waals surface area (Å²) in [4.78, 5) is 20.5. The fourth-order valence-corrected chi connectivity index (χ4v) is 2.93. The molecule has 1 N–H and O–H groups in total. The van der Waals surface area contributed by atoms with Gasteiger partial charge in [0, 0.05) is 33.2 Å². The lowest BCUT2D eigenvalue weighted by Crippen LogP contribution is -2.50. The van der Waals surface area contributed by atoms with Crippen LogP contribution in [0.3, 0.4) is 0 Å². The Morgan fingerprint density at radius 3 is 2.59 bits per heavy atom. The van der Waals surface area contributed by atoms with Gasteiger partial charge in [-0.05, 0) is 19.1 Å². The van der Waals surface area contributed by atoms with Crippen LogP contribution < -0.4 is 0 Å². The maximum absolute atomic E-state index is 11.8. The summed E-state index contributed by atoms with van der Waals surface area (Å²) in [6.07, 6.45) is -0.911. The minimum Gasteiger partial charge on any atom is -0.384 e. The second-order valence-corrected chi connectivity index (χ2v) is 5.85. The van der Waals surface area contributed by atoms with E-state index in [9.17, 15) is 9.90 Å². The highest BCUT2D eigenvalue weighted by Gasteiger charge is 2.24. The lowest BCUT2D eigenvalue weighted by Gasteiger charge is -2.35. The number of para-hydroxylation sites is 2. The highest BCUT2D eigenvalue weighted by Crippen LogP contribution is 2.16. The van der Waals surface area contributed by atoms with Gasteiger partial charge < -0.3 is 14.6 Å². The predicted molar refractivity (Wildman–Crippen MR) is 84.3 cm³/mol. The molecule has 118 valence electrons. The predicted octanol–water partition coefficient (Wildman–Crippen LogP) is 0.598. The minimum atomic E-state index is -0.911. The molecule has 0 radical (unpaired) electrons. The highest BCUT2D eigenvalue weighted by molar-refractivity contribution is 5.80. The van der Waals surface area contributed by atoms with Crippen LogP contribution in [0.25, 0.3) is 11.0 Å². The van der Waals surface area contributed by atoms with Crippen LogP contribution in [0, 0.1) is 0 Å². The van der Waals surface area contributed by atoms with Crippen molar-refractivity contribution in [1.29, 1.82) is 0 Å². The number of aliphatic hydroxyl groups is 1. The quantitative estimate of drug-likeness (QED) is 0.902. The monoisotopic (exact) mass is 302 g/mol. The van der Waals surface area contributed by atoms with Gasteiger partial charge in [-0.2, -0.15) is 0 Å². The van der Waals surface area contributed by atoms with E-state index in [1.807, 2.05) is 25.2 Å². The van der Waals surface area contributed by atoms with Crippen LogP contribution >= 0.6 is 0 Å². The number of hydrogen-bond acceptors (Lipinski definition) is 4. The molecule has 1 atom stereocenters. The standard InChI is InChI=1S/C16H22N4O2/c1-12(21)16(22)20-9-7-19(8-10-20)11-15-17-13-5-3-4-6-14(13)18(15)2/h3-6,12,21H,7-11H2,1-2H3. The summed E-state index contributed by atoms with van der Waals surface area (Å²) in [5, 5.41) is 9.37. The van der Waals surface area contributed by atoms with Gasteiger partial charge in [-0.15, -0.1) is 0 Å². The first-order valence-corrected chi connectivity index (χ1v) is 7.66. The molecule has 1 unspecified atom stereocenters. The van der Waals surface area contributed by atoms with Gasteiger partial charge >= 0.3 is 0 Å². The first kappa shape index (κ1) is 15.0. The number of fused-ring (bicyclic) bond motifs is 1. The summed E-state index contributed by atoms with van der Waals surface area (Å²) in [6.45, 7) is 5.24. The van der Waals surface area contributed by atoms with E-state index in [1.54, 1.807) is 4.90 Å². The maximum atomic E-state index is 11.8.